The molecule has 1 heterocycles. The first-order chi connectivity index (χ1) is 11.2. The Hall–Kier alpha value is -1.66. The Kier molecular flexibility index (Phi) is 6.80. The van der Waals surface area contributed by atoms with Crippen molar-refractivity contribution in [3.05, 3.63) is 30.5 Å². The molecule has 0 fully saturated rings. The highest BCUT2D eigenvalue weighted by Crippen LogP contribution is 2.26. The molecule has 0 saturated heterocycles. The quantitative estimate of drug-likeness (QED) is 0.737. The highest BCUT2D eigenvalue weighted by Gasteiger charge is 2.12. The Morgan fingerprint density at radius 3 is 2.96 bits per heavy atom. The second-order valence-electron chi connectivity index (χ2n) is 5.39. The molecule has 2 aromatic rings. The predicted octanol–water partition coefficient (Wildman–Crippen LogP) is 2.27. The van der Waals surface area contributed by atoms with E-state index in [1.807, 2.05) is 41.3 Å². The van der Waals surface area contributed by atoms with Crippen LogP contribution in [0.5, 0.6) is 5.75 Å². The van der Waals surface area contributed by atoms with Crippen molar-refractivity contribution in [1.82, 2.24) is 9.88 Å². The number of para-hydroxylation sites is 1. The fraction of sp³-hybridized carbons (Fsp3) is 0.471. The number of hydrogen-bond acceptors (Lipinski definition) is 4. The lowest BCUT2D eigenvalue weighted by atomic mass is 10.2. The Bertz CT molecular complexity index is 642. The van der Waals surface area contributed by atoms with Crippen molar-refractivity contribution in [2.45, 2.75) is 25.4 Å². The summed E-state index contributed by atoms with van der Waals surface area (Å²) >= 11 is 1.71. The Morgan fingerprint density at radius 1 is 1.43 bits per heavy atom. The summed E-state index contributed by atoms with van der Waals surface area (Å²) in [6, 6.07) is 7.76. The average molecular weight is 336 g/mol. The molecule has 2 rings (SSSR count). The molecule has 0 spiro atoms. The number of ether oxygens (including phenoxy) is 1. The first kappa shape index (κ1) is 17.7. The number of aliphatic hydroxyl groups excluding tert-OH is 1. The van der Waals surface area contributed by atoms with E-state index in [0.29, 0.717) is 13.0 Å². The van der Waals surface area contributed by atoms with Crippen molar-refractivity contribution in [1.29, 1.82) is 0 Å². The van der Waals surface area contributed by atoms with E-state index in [2.05, 4.69) is 5.32 Å². The van der Waals surface area contributed by atoms with Crippen molar-refractivity contribution in [2.24, 2.45) is 0 Å². The number of hydrogen-bond donors (Lipinski definition) is 2. The Balaban J connectivity index is 1.96. The molecule has 0 bridgehead atoms. The molecule has 2 N–H and O–H groups in total. The van der Waals surface area contributed by atoms with Gasteiger partial charge in [0.15, 0.2) is 0 Å². The van der Waals surface area contributed by atoms with Gasteiger partial charge in [0.05, 0.1) is 25.3 Å². The minimum absolute atomic E-state index is 0.0213. The lowest BCUT2D eigenvalue weighted by Gasteiger charge is -2.16. The number of benzene rings is 1. The molecule has 6 heteroatoms. The maximum Gasteiger partial charge on any atom is 0.222 e. The summed E-state index contributed by atoms with van der Waals surface area (Å²) < 4.78 is 7.43. The van der Waals surface area contributed by atoms with Gasteiger partial charge in [-0.2, -0.15) is 11.8 Å². The van der Waals surface area contributed by atoms with Crippen LogP contribution in [0.25, 0.3) is 10.9 Å². The minimum Gasteiger partial charge on any atom is -0.495 e. The maximum atomic E-state index is 12.1. The number of nitrogens with one attached hydrogen (secondary N) is 1. The number of nitrogens with zero attached hydrogens (tertiary/aromatic N) is 1. The number of aryl methyl sites for hydroxylation is 1. The molecule has 0 radical (unpaired) electrons. The van der Waals surface area contributed by atoms with E-state index < -0.39 is 0 Å². The second-order valence-corrected chi connectivity index (χ2v) is 6.37. The van der Waals surface area contributed by atoms with E-state index >= 15 is 0 Å². The zero-order valence-electron chi connectivity index (χ0n) is 13.6. The molecule has 23 heavy (non-hydrogen) atoms. The molecular formula is C17H24N2O3S. The molecule has 1 aromatic heterocycles. The normalized spacial score (nSPS) is 12.3. The summed E-state index contributed by atoms with van der Waals surface area (Å²) in [6.45, 7) is 0.558. The number of carbonyl (C=O) groups is 1. The van der Waals surface area contributed by atoms with Gasteiger partial charge in [-0.3, -0.25) is 4.79 Å². The first-order valence-corrected chi connectivity index (χ1v) is 9.10. The SMILES string of the molecule is COc1cccc2ccn(CCC(=O)NC(CO)CCSC)c12. The van der Waals surface area contributed by atoms with Gasteiger partial charge in [-0.25, -0.2) is 0 Å². The molecular weight excluding hydrogens is 312 g/mol. The fourth-order valence-electron chi connectivity index (χ4n) is 2.57. The van der Waals surface area contributed by atoms with Gasteiger partial charge in [0.25, 0.3) is 0 Å². The van der Waals surface area contributed by atoms with Gasteiger partial charge in [0.1, 0.15) is 5.75 Å². The van der Waals surface area contributed by atoms with Crippen molar-refractivity contribution >= 4 is 28.6 Å². The third kappa shape index (κ3) is 4.65. The smallest absolute Gasteiger partial charge is 0.222 e. The fourth-order valence-corrected chi connectivity index (χ4v) is 3.09. The van der Waals surface area contributed by atoms with Crippen LogP contribution in [-0.4, -0.2) is 47.3 Å². The van der Waals surface area contributed by atoms with Crippen molar-refractivity contribution < 1.29 is 14.6 Å². The van der Waals surface area contributed by atoms with Crippen LogP contribution in [0, 0.1) is 0 Å². The molecule has 0 aliphatic heterocycles. The van der Waals surface area contributed by atoms with E-state index in [9.17, 15) is 9.90 Å². The summed E-state index contributed by atoms with van der Waals surface area (Å²) in [7, 11) is 1.65. The molecule has 0 saturated carbocycles. The lowest BCUT2D eigenvalue weighted by Crippen LogP contribution is -2.38. The van der Waals surface area contributed by atoms with Crippen LogP contribution >= 0.6 is 11.8 Å². The van der Waals surface area contributed by atoms with E-state index in [1.165, 1.54) is 0 Å². The summed E-state index contributed by atoms with van der Waals surface area (Å²) in [5, 5.41) is 13.3. The lowest BCUT2D eigenvalue weighted by molar-refractivity contribution is -0.122. The first-order valence-electron chi connectivity index (χ1n) is 7.70. The Labute approximate surface area is 141 Å². The molecule has 126 valence electrons. The summed E-state index contributed by atoms with van der Waals surface area (Å²) in [6.07, 6.45) is 5.14. The van der Waals surface area contributed by atoms with Crippen LogP contribution in [0.4, 0.5) is 0 Å². The number of thioether (sulfide) groups is 1. The number of aliphatic hydroxyl groups is 1. The van der Waals surface area contributed by atoms with Crippen molar-refractivity contribution in [2.75, 3.05) is 25.7 Å². The molecule has 1 amide bonds. The third-order valence-electron chi connectivity index (χ3n) is 3.81. The third-order valence-corrected chi connectivity index (χ3v) is 4.45. The average Bonchev–Trinajstić information content (AvgIpc) is 3.00. The number of aromatic nitrogens is 1. The number of methoxy groups -OCH3 is 1. The number of amides is 1. The zero-order valence-corrected chi connectivity index (χ0v) is 14.4. The Morgan fingerprint density at radius 2 is 2.26 bits per heavy atom. The van der Waals surface area contributed by atoms with Crippen molar-refractivity contribution in [3.63, 3.8) is 0 Å². The standard InChI is InChI=1S/C17H24N2O3S/c1-22-15-5-3-4-13-6-9-19(17(13)15)10-7-16(21)18-14(12-20)8-11-23-2/h3-6,9,14,20H,7-8,10-12H2,1-2H3,(H,18,21). The van der Waals surface area contributed by atoms with Gasteiger partial charge < -0.3 is 19.7 Å². The van der Waals surface area contributed by atoms with Gasteiger partial charge in [-0.05, 0) is 30.6 Å². The number of carbonyl (C=O) groups excluding carboxylic acids is 1. The van der Waals surface area contributed by atoms with Gasteiger partial charge >= 0.3 is 0 Å². The van der Waals surface area contributed by atoms with Crippen LogP contribution in [0.15, 0.2) is 30.5 Å². The highest BCUT2D eigenvalue weighted by molar-refractivity contribution is 7.98. The van der Waals surface area contributed by atoms with Crippen LogP contribution in [0.3, 0.4) is 0 Å². The van der Waals surface area contributed by atoms with Crippen molar-refractivity contribution in [3.8, 4) is 5.75 Å². The van der Waals surface area contributed by atoms with Gasteiger partial charge in [0, 0.05) is 24.5 Å². The molecule has 0 aliphatic rings. The highest BCUT2D eigenvalue weighted by atomic mass is 32.2. The zero-order chi connectivity index (χ0) is 16.7. The van der Waals surface area contributed by atoms with Gasteiger partial charge in [-0.15, -0.1) is 0 Å². The second kappa shape index (κ2) is 8.84. The van der Waals surface area contributed by atoms with Crippen LogP contribution in [-0.2, 0) is 11.3 Å². The minimum atomic E-state index is -0.161. The maximum absolute atomic E-state index is 12.1. The molecule has 1 unspecified atom stereocenters. The van der Waals surface area contributed by atoms with Crippen LogP contribution < -0.4 is 10.1 Å². The predicted molar refractivity (Wildman–Crippen MR) is 95.1 cm³/mol. The summed E-state index contributed by atoms with van der Waals surface area (Å²) in [5.74, 6) is 1.69. The van der Waals surface area contributed by atoms with Gasteiger partial charge in [0.2, 0.25) is 5.91 Å². The van der Waals surface area contributed by atoms with Crippen LogP contribution in [0.1, 0.15) is 12.8 Å². The van der Waals surface area contributed by atoms with E-state index in [1.54, 1.807) is 18.9 Å². The number of fused-ring (bicyclic) bond motifs is 1. The van der Waals surface area contributed by atoms with E-state index in [4.69, 9.17) is 4.74 Å². The number of rotatable bonds is 9. The summed E-state index contributed by atoms with van der Waals surface area (Å²) in [4.78, 5) is 12.1. The van der Waals surface area contributed by atoms with Gasteiger partial charge in [-0.1, -0.05) is 12.1 Å². The summed E-state index contributed by atoms with van der Waals surface area (Å²) in [5.41, 5.74) is 1.00. The molecule has 1 aromatic carbocycles. The molecule has 5 nitrogen and oxygen atoms in total. The molecule has 0 aliphatic carbocycles. The van der Waals surface area contributed by atoms with E-state index in [0.717, 1.165) is 28.8 Å². The largest absolute Gasteiger partial charge is 0.495 e. The monoisotopic (exact) mass is 336 g/mol. The van der Waals surface area contributed by atoms with Crippen LogP contribution in [0.2, 0.25) is 0 Å². The topological polar surface area (TPSA) is 63.5 Å². The van der Waals surface area contributed by atoms with E-state index in [-0.39, 0.29) is 18.6 Å². The molecule has 1 atom stereocenters.